The second kappa shape index (κ2) is 7.28. The summed E-state index contributed by atoms with van der Waals surface area (Å²) in [6.07, 6.45) is 11.5. The maximum Gasteiger partial charge on any atom is 0.187 e. The van der Waals surface area contributed by atoms with Gasteiger partial charge < -0.3 is 14.2 Å². The number of allylic oxidation sites excluding steroid dienone is 2. The highest BCUT2D eigenvalue weighted by Gasteiger charge is 2.66. The molecule has 0 aromatic carbocycles. The van der Waals surface area contributed by atoms with E-state index in [2.05, 4.69) is 32.9 Å². The number of ether oxygens (including phenoxy) is 3. The molecule has 4 aliphatic carbocycles. The highest BCUT2D eigenvalue weighted by molar-refractivity contribution is 5.98. The highest BCUT2D eigenvalue weighted by Crippen LogP contribution is 2.67. The van der Waals surface area contributed by atoms with Gasteiger partial charge in [-0.2, -0.15) is 0 Å². The molecule has 3 fully saturated rings. The van der Waals surface area contributed by atoms with Gasteiger partial charge in [-0.15, -0.1) is 0 Å². The topological polar surface area (TPSA) is 48.1 Å². The number of epoxide rings is 1. The molecule has 1 aliphatic heterocycles. The van der Waals surface area contributed by atoms with E-state index in [-0.39, 0.29) is 29.7 Å². The van der Waals surface area contributed by atoms with E-state index in [1.54, 1.807) is 0 Å². The molecule has 1 saturated heterocycles. The zero-order valence-corrected chi connectivity index (χ0v) is 19.2. The largest absolute Gasteiger partial charge is 0.360 e. The average Bonchev–Trinajstić information content (AvgIpc) is 3.45. The Morgan fingerprint density at radius 1 is 1.17 bits per heavy atom. The average molecular weight is 415 g/mol. The minimum Gasteiger partial charge on any atom is -0.360 e. The van der Waals surface area contributed by atoms with Crippen molar-refractivity contribution in [3.63, 3.8) is 0 Å². The highest BCUT2D eigenvalue weighted by atomic mass is 16.7. The lowest BCUT2D eigenvalue weighted by molar-refractivity contribution is -0.142. The van der Waals surface area contributed by atoms with Gasteiger partial charge in [0, 0.05) is 12.0 Å². The molecule has 2 saturated carbocycles. The summed E-state index contributed by atoms with van der Waals surface area (Å²) >= 11 is 0. The van der Waals surface area contributed by atoms with Crippen LogP contribution in [0, 0.1) is 40.4 Å². The molecule has 5 rings (SSSR count). The summed E-state index contributed by atoms with van der Waals surface area (Å²) in [4.78, 5) is 12.2. The van der Waals surface area contributed by atoms with Gasteiger partial charge in [0.1, 0.15) is 12.2 Å². The number of ketones is 1. The third-order valence-electron chi connectivity index (χ3n) is 9.64. The van der Waals surface area contributed by atoms with Crippen molar-refractivity contribution in [3.8, 4) is 0 Å². The van der Waals surface area contributed by atoms with Crippen LogP contribution in [-0.4, -0.2) is 37.5 Å². The third kappa shape index (κ3) is 2.93. The summed E-state index contributed by atoms with van der Waals surface area (Å²) in [5, 5.41) is 0. The summed E-state index contributed by atoms with van der Waals surface area (Å²) in [5.74, 6) is 3.34. The normalized spacial score (nSPS) is 48.2. The summed E-state index contributed by atoms with van der Waals surface area (Å²) in [6, 6.07) is 0. The van der Waals surface area contributed by atoms with Crippen LogP contribution in [0.3, 0.4) is 0 Å². The lowest BCUT2D eigenvalue weighted by Crippen LogP contribution is -2.52. The predicted octanol–water partition coefficient (Wildman–Crippen LogP) is 4.93. The van der Waals surface area contributed by atoms with Crippen LogP contribution in [0.5, 0.6) is 0 Å². The van der Waals surface area contributed by atoms with Crippen molar-refractivity contribution >= 4 is 5.78 Å². The van der Waals surface area contributed by atoms with Gasteiger partial charge >= 0.3 is 0 Å². The minimum absolute atomic E-state index is 0.0130. The molecule has 0 aromatic heterocycles. The molecule has 1 unspecified atom stereocenters. The van der Waals surface area contributed by atoms with Gasteiger partial charge in [0.05, 0.1) is 6.61 Å². The van der Waals surface area contributed by atoms with Crippen molar-refractivity contribution in [1.82, 2.24) is 0 Å². The van der Waals surface area contributed by atoms with Gasteiger partial charge in [-0.3, -0.25) is 4.79 Å². The van der Waals surface area contributed by atoms with Crippen molar-refractivity contribution in [1.29, 1.82) is 0 Å². The molecule has 10 atom stereocenters. The van der Waals surface area contributed by atoms with Crippen LogP contribution in [-0.2, 0) is 19.0 Å². The fourth-order valence-electron chi connectivity index (χ4n) is 8.03. The molecule has 0 bridgehead atoms. The number of carbonyl (C=O) groups excluding carboxylic acids is 1. The second-order valence-corrected chi connectivity index (χ2v) is 11.0. The number of hydrogen-bond donors (Lipinski definition) is 0. The Kier molecular flexibility index (Phi) is 5.07. The summed E-state index contributed by atoms with van der Waals surface area (Å²) < 4.78 is 17.5. The fraction of sp³-hybridized carbons (Fsp3) is 0.808. The number of fused-ring (bicyclic) bond motifs is 7. The van der Waals surface area contributed by atoms with E-state index in [4.69, 9.17) is 14.2 Å². The molecule has 30 heavy (non-hydrogen) atoms. The second-order valence-electron chi connectivity index (χ2n) is 11.0. The van der Waals surface area contributed by atoms with E-state index in [0.717, 1.165) is 12.5 Å². The first-order valence-corrected chi connectivity index (χ1v) is 12.1. The van der Waals surface area contributed by atoms with Gasteiger partial charge in [-0.25, -0.2) is 0 Å². The van der Waals surface area contributed by atoms with E-state index in [1.165, 1.54) is 31.3 Å². The lowest BCUT2D eigenvalue weighted by Gasteiger charge is -2.56. The quantitative estimate of drug-likeness (QED) is 0.457. The van der Waals surface area contributed by atoms with Crippen molar-refractivity contribution in [2.45, 2.75) is 78.8 Å². The van der Waals surface area contributed by atoms with Gasteiger partial charge in [0.2, 0.25) is 0 Å². The van der Waals surface area contributed by atoms with Crippen molar-refractivity contribution in [3.05, 3.63) is 23.8 Å². The molecular formula is C26H38O4. The van der Waals surface area contributed by atoms with Crippen molar-refractivity contribution in [2.75, 3.05) is 13.2 Å². The fourth-order valence-corrected chi connectivity index (χ4v) is 8.03. The summed E-state index contributed by atoms with van der Waals surface area (Å²) in [7, 11) is 0. The van der Waals surface area contributed by atoms with Crippen LogP contribution in [0.1, 0.15) is 60.3 Å². The van der Waals surface area contributed by atoms with Gasteiger partial charge in [-0.05, 0) is 86.2 Å². The van der Waals surface area contributed by atoms with Crippen molar-refractivity contribution < 1.29 is 19.0 Å². The maximum atomic E-state index is 12.2. The molecular weight excluding hydrogens is 376 g/mol. The number of rotatable bonds is 6. The zero-order chi connectivity index (χ0) is 21.3. The minimum atomic E-state index is -0.167. The van der Waals surface area contributed by atoms with E-state index >= 15 is 0 Å². The van der Waals surface area contributed by atoms with Crippen LogP contribution in [0.2, 0.25) is 0 Å². The van der Waals surface area contributed by atoms with Crippen LogP contribution < -0.4 is 0 Å². The molecule has 0 amide bonds. The molecule has 4 nitrogen and oxygen atoms in total. The van der Waals surface area contributed by atoms with E-state index < -0.39 is 0 Å². The first kappa shape index (κ1) is 20.9. The maximum absolute atomic E-state index is 12.2. The van der Waals surface area contributed by atoms with Gasteiger partial charge in [0.25, 0.3) is 0 Å². The third-order valence-corrected chi connectivity index (χ3v) is 9.64. The molecule has 166 valence electrons. The Balaban J connectivity index is 1.35. The molecule has 5 aliphatic rings. The monoisotopic (exact) mass is 414 g/mol. The standard InChI is InChI=1S/C26H38O4/c1-6-28-16(3)29-14-15(2)19-9-10-20-18-8-7-17-13-22(27)23-24(30-23)26(17,5)21(18)11-12-25(19,20)4/h7-8,13,15-16,18-21,23-24H,6,9-12,14H2,1-5H3/t15-,16?,18+,19-,20+,21+,23+,24+,25-,26+/m1/s1. The van der Waals surface area contributed by atoms with Crippen LogP contribution in [0.15, 0.2) is 23.8 Å². The van der Waals surface area contributed by atoms with Gasteiger partial charge in [-0.1, -0.05) is 32.9 Å². The Bertz CT molecular complexity index is 771. The summed E-state index contributed by atoms with van der Waals surface area (Å²) in [6.45, 7) is 12.8. The van der Waals surface area contributed by atoms with Gasteiger partial charge in [0.15, 0.2) is 12.1 Å². The zero-order valence-electron chi connectivity index (χ0n) is 19.2. The smallest absolute Gasteiger partial charge is 0.187 e. The first-order valence-electron chi connectivity index (χ1n) is 12.1. The molecule has 0 aromatic rings. The SMILES string of the molecule is CCOC(C)OC[C@@H](C)[C@H]1CC[C@H]2[C@@H]3C=CC4=CC(=O)[C@@H]5O[C@@H]5[C@]4(C)[C@H]3CC[C@]12C. The molecule has 0 radical (unpaired) electrons. The first-order chi connectivity index (χ1) is 14.3. The Morgan fingerprint density at radius 2 is 1.97 bits per heavy atom. The Hall–Kier alpha value is -0.970. The van der Waals surface area contributed by atoms with Crippen molar-refractivity contribution in [2.24, 2.45) is 40.4 Å². The Morgan fingerprint density at radius 3 is 2.73 bits per heavy atom. The van der Waals surface area contributed by atoms with Crippen LogP contribution in [0.25, 0.3) is 0 Å². The molecule has 0 spiro atoms. The van der Waals surface area contributed by atoms with Crippen LogP contribution >= 0.6 is 0 Å². The molecule has 4 heteroatoms. The van der Waals surface area contributed by atoms with E-state index in [0.29, 0.717) is 35.7 Å². The van der Waals surface area contributed by atoms with Crippen LogP contribution in [0.4, 0.5) is 0 Å². The Labute approximate surface area is 181 Å². The summed E-state index contributed by atoms with van der Waals surface area (Å²) in [5.41, 5.74) is 1.60. The lowest BCUT2D eigenvalue weighted by atomic mass is 9.48. The molecule has 0 N–H and O–H groups in total. The number of hydrogen-bond acceptors (Lipinski definition) is 4. The number of carbonyl (C=O) groups is 1. The van der Waals surface area contributed by atoms with E-state index in [1.807, 2.05) is 19.9 Å². The predicted molar refractivity (Wildman–Crippen MR) is 116 cm³/mol. The van der Waals surface area contributed by atoms with E-state index in [9.17, 15) is 4.79 Å². The molecule has 1 heterocycles.